The van der Waals surface area contributed by atoms with Gasteiger partial charge in [0.05, 0.1) is 10.6 Å². The zero-order valence-corrected chi connectivity index (χ0v) is 17.5. The van der Waals surface area contributed by atoms with Gasteiger partial charge in [-0.3, -0.25) is 9.59 Å². The van der Waals surface area contributed by atoms with Crippen LogP contribution in [0.25, 0.3) is 0 Å². The van der Waals surface area contributed by atoms with E-state index < -0.39 is 0 Å². The Morgan fingerprint density at radius 3 is 2.38 bits per heavy atom. The molecule has 2 amide bonds. The summed E-state index contributed by atoms with van der Waals surface area (Å²) >= 11 is 6.24. The fourth-order valence-electron chi connectivity index (χ4n) is 3.00. The van der Waals surface area contributed by atoms with Gasteiger partial charge in [-0.25, -0.2) is 0 Å². The minimum Gasteiger partial charge on any atom is -0.338 e. The third kappa shape index (κ3) is 6.45. The molecule has 0 unspecified atom stereocenters. The summed E-state index contributed by atoms with van der Waals surface area (Å²) in [4.78, 5) is 26.7. The van der Waals surface area contributed by atoms with Crippen LogP contribution >= 0.6 is 24.0 Å². The van der Waals surface area contributed by atoms with Crippen LogP contribution in [0.3, 0.4) is 0 Å². The van der Waals surface area contributed by atoms with Gasteiger partial charge in [0.2, 0.25) is 5.91 Å². The molecular formula is C19H29Cl2N3O2. The highest BCUT2D eigenvalue weighted by Crippen LogP contribution is 2.25. The third-order valence-electron chi connectivity index (χ3n) is 4.36. The zero-order chi connectivity index (χ0) is 18.6. The lowest BCUT2D eigenvalue weighted by Gasteiger charge is -2.32. The molecule has 1 aromatic rings. The van der Waals surface area contributed by atoms with Gasteiger partial charge in [0, 0.05) is 31.2 Å². The van der Waals surface area contributed by atoms with Crippen molar-refractivity contribution in [3.63, 3.8) is 0 Å². The van der Waals surface area contributed by atoms with Crippen molar-refractivity contribution >= 4 is 41.5 Å². The molecule has 0 aliphatic carbocycles. The van der Waals surface area contributed by atoms with Gasteiger partial charge in [-0.1, -0.05) is 32.4 Å². The molecule has 1 saturated heterocycles. The Hall–Kier alpha value is -1.30. The fourth-order valence-corrected chi connectivity index (χ4v) is 3.19. The van der Waals surface area contributed by atoms with E-state index in [1.165, 1.54) is 0 Å². The Morgan fingerprint density at radius 2 is 1.85 bits per heavy atom. The molecule has 0 atom stereocenters. The molecule has 1 aliphatic rings. The number of nitrogens with one attached hydrogen (secondary N) is 2. The van der Waals surface area contributed by atoms with Gasteiger partial charge >= 0.3 is 0 Å². The van der Waals surface area contributed by atoms with Crippen molar-refractivity contribution in [2.45, 2.75) is 46.1 Å². The van der Waals surface area contributed by atoms with E-state index in [-0.39, 0.29) is 29.6 Å². The van der Waals surface area contributed by atoms with Gasteiger partial charge in [-0.2, -0.15) is 0 Å². The average Bonchev–Trinajstić information content (AvgIpc) is 2.54. The molecule has 1 fully saturated rings. The van der Waals surface area contributed by atoms with Gasteiger partial charge in [0.15, 0.2) is 0 Å². The highest BCUT2D eigenvalue weighted by molar-refractivity contribution is 6.34. The monoisotopic (exact) mass is 401 g/mol. The minimum atomic E-state index is -0.0905. The zero-order valence-electron chi connectivity index (χ0n) is 15.9. The van der Waals surface area contributed by atoms with Gasteiger partial charge in [-0.15, -0.1) is 12.4 Å². The molecule has 5 nitrogen and oxygen atoms in total. The summed E-state index contributed by atoms with van der Waals surface area (Å²) in [7, 11) is 1.95. The number of carbonyl (C=O) groups is 2. The number of likely N-dealkylation sites (tertiary alicyclic amines) is 1. The van der Waals surface area contributed by atoms with Gasteiger partial charge in [0.1, 0.15) is 0 Å². The molecule has 7 heteroatoms. The van der Waals surface area contributed by atoms with E-state index in [9.17, 15) is 9.59 Å². The number of amides is 2. The van der Waals surface area contributed by atoms with E-state index in [1.54, 1.807) is 18.2 Å². The second-order valence-electron chi connectivity index (χ2n) is 7.84. The molecule has 0 aromatic heterocycles. The normalized spacial score (nSPS) is 15.3. The number of hydrogen-bond acceptors (Lipinski definition) is 3. The van der Waals surface area contributed by atoms with Gasteiger partial charge in [0.25, 0.3) is 5.91 Å². The van der Waals surface area contributed by atoms with Crippen LogP contribution < -0.4 is 10.6 Å². The lowest BCUT2D eigenvalue weighted by molar-refractivity contribution is -0.117. The van der Waals surface area contributed by atoms with Crippen LogP contribution in [0, 0.1) is 5.41 Å². The lowest BCUT2D eigenvalue weighted by atomic mass is 9.92. The minimum absolute atomic E-state index is 0. The predicted octanol–water partition coefficient (Wildman–Crippen LogP) is 3.96. The molecule has 1 heterocycles. The summed E-state index contributed by atoms with van der Waals surface area (Å²) in [5.41, 5.74) is 0.956. The maximum atomic E-state index is 12.8. The van der Waals surface area contributed by atoms with Crippen LogP contribution in [0.15, 0.2) is 18.2 Å². The van der Waals surface area contributed by atoms with Crippen LogP contribution in [0.1, 0.15) is 50.4 Å². The van der Waals surface area contributed by atoms with E-state index in [0.717, 1.165) is 12.8 Å². The molecule has 1 aliphatic heterocycles. The molecule has 26 heavy (non-hydrogen) atoms. The van der Waals surface area contributed by atoms with Crippen LogP contribution in [0.5, 0.6) is 0 Å². The molecule has 0 radical (unpaired) electrons. The first-order chi connectivity index (χ1) is 11.7. The third-order valence-corrected chi connectivity index (χ3v) is 4.69. The maximum Gasteiger partial charge on any atom is 0.255 e. The van der Waals surface area contributed by atoms with Crippen molar-refractivity contribution in [3.8, 4) is 0 Å². The molecule has 0 spiro atoms. The molecule has 0 bridgehead atoms. The first-order valence-corrected chi connectivity index (χ1v) is 9.13. The van der Waals surface area contributed by atoms with Gasteiger partial charge in [-0.05, 0) is 43.5 Å². The first kappa shape index (κ1) is 22.7. The summed E-state index contributed by atoms with van der Waals surface area (Å²) in [6.07, 6.45) is 2.28. The van der Waals surface area contributed by atoms with E-state index in [2.05, 4.69) is 10.6 Å². The lowest BCUT2D eigenvalue weighted by Crippen LogP contribution is -2.44. The number of carbonyl (C=O) groups excluding carboxylic acids is 2. The van der Waals surface area contributed by atoms with Crippen LogP contribution in [-0.2, 0) is 4.79 Å². The fraction of sp³-hybridized carbons (Fsp3) is 0.579. The second-order valence-corrected chi connectivity index (χ2v) is 8.24. The predicted molar refractivity (Wildman–Crippen MR) is 109 cm³/mol. The summed E-state index contributed by atoms with van der Waals surface area (Å²) < 4.78 is 0. The largest absolute Gasteiger partial charge is 0.338 e. The Labute approximate surface area is 167 Å². The van der Waals surface area contributed by atoms with E-state index in [0.29, 0.717) is 41.8 Å². The number of halogens is 2. The van der Waals surface area contributed by atoms with Gasteiger partial charge < -0.3 is 15.5 Å². The highest BCUT2D eigenvalue weighted by atomic mass is 35.5. The molecule has 2 rings (SSSR count). The highest BCUT2D eigenvalue weighted by Gasteiger charge is 2.24. The quantitative estimate of drug-likeness (QED) is 0.802. The number of piperidine rings is 1. The standard InChI is InChI=1S/C19H28ClN3O2.ClH/c1-19(2,3)12-17(24)22-14-5-6-16(20)15(11-14)18(25)23-9-7-13(21-4)8-10-23;/h5-6,11,13,21H,7-10,12H2,1-4H3,(H,22,24);1H. The first-order valence-electron chi connectivity index (χ1n) is 8.75. The number of hydrogen-bond donors (Lipinski definition) is 2. The summed E-state index contributed by atoms with van der Waals surface area (Å²) in [6.45, 7) is 7.46. The summed E-state index contributed by atoms with van der Waals surface area (Å²) in [5, 5.41) is 6.53. The SMILES string of the molecule is CNC1CCN(C(=O)c2cc(NC(=O)CC(C)(C)C)ccc2Cl)CC1.Cl. The van der Waals surface area contributed by atoms with Crippen LogP contribution in [0.4, 0.5) is 5.69 Å². The molecule has 146 valence electrons. The van der Waals surface area contributed by atoms with Crippen molar-refractivity contribution in [3.05, 3.63) is 28.8 Å². The van der Waals surface area contributed by atoms with Crippen LogP contribution in [-0.4, -0.2) is 42.9 Å². The molecule has 1 aromatic carbocycles. The average molecular weight is 402 g/mol. The molecule has 0 saturated carbocycles. The van der Waals surface area contributed by atoms with Crippen molar-refractivity contribution in [1.82, 2.24) is 10.2 Å². The summed E-state index contributed by atoms with van der Waals surface area (Å²) in [5.74, 6) is -0.144. The van der Waals surface area contributed by atoms with Crippen molar-refractivity contribution in [2.75, 3.05) is 25.5 Å². The second kappa shape index (κ2) is 9.58. The number of benzene rings is 1. The number of anilines is 1. The van der Waals surface area contributed by atoms with E-state index in [4.69, 9.17) is 11.6 Å². The van der Waals surface area contributed by atoms with E-state index >= 15 is 0 Å². The Kier molecular flexibility index (Phi) is 8.38. The summed E-state index contributed by atoms with van der Waals surface area (Å²) in [6, 6.07) is 5.53. The maximum absolute atomic E-state index is 12.8. The number of nitrogens with zero attached hydrogens (tertiary/aromatic N) is 1. The Balaban J connectivity index is 0.00000338. The van der Waals surface area contributed by atoms with Crippen molar-refractivity contribution in [2.24, 2.45) is 5.41 Å². The molecular weight excluding hydrogens is 373 g/mol. The number of rotatable bonds is 4. The van der Waals surface area contributed by atoms with E-state index in [1.807, 2.05) is 32.7 Å². The molecule has 2 N–H and O–H groups in total. The Morgan fingerprint density at radius 1 is 1.23 bits per heavy atom. The smallest absolute Gasteiger partial charge is 0.255 e. The van der Waals surface area contributed by atoms with Crippen LogP contribution in [0.2, 0.25) is 5.02 Å². The topological polar surface area (TPSA) is 61.4 Å². The van der Waals surface area contributed by atoms with Crippen molar-refractivity contribution in [1.29, 1.82) is 0 Å². The Bertz CT molecular complexity index is 636. The van der Waals surface area contributed by atoms with Crippen molar-refractivity contribution < 1.29 is 9.59 Å².